The van der Waals surface area contributed by atoms with Crippen molar-refractivity contribution in [2.75, 3.05) is 5.32 Å². The summed E-state index contributed by atoms with van der Waals surface area (Å²) in [6.45, 7) is 2.15. The number of amides is 2. The van der Waals surface area contributed by atoms with E-state index in [1.807, 2.05) is 46.8 Å². The van der Waals surface area contributed by atoms with E-state index in [1.165, 1.54) is 6.07 Å². The molecule has 0 radical (unpaired) electrons. The number of benzene rings is 2. The van der Waals surface area contributed by atoms with Crippen LogP contribution < -0.4 is 5.32 Å². The van der Waals surface area contributed by atoms with Gasteiger partial charge in [0.05, 0.1) is 17.9 Å². The lowest BCUT2D eigenvalue weighted by atomic mass is 10.1. The first kappa shape index (κ1) is 18.6. The number of thiophene rings is 1. The van der Waals surface area contributed by atoms with Crippen LogP contribution in [0.1, 0.15) is 27.7 Å². The first-order valence-corrected chi connectivity index (χ1v) is 10.6. The van der Waals surface area contributed by atoms with Crippen LogP contribution in [0, 0.1) is 12.7 Å². The molecule has 1 aliphatic rings. The maximum atomic E-state index is 14.0. The lowest BCUT2D eigenvalue weighted by molar-refractivity contribution is 0.195. The van der Waals surface area contributed by atoms with Crippen molar-refractivity contribution >= 4 is 23.1 Å². The highest BCUT2D eigenvalue weighted by Gasteiger charge is 2.33. The fourth-order valence-corrected chi connectivity index (χ4v) is 4.80. The molecule has 0 unspecified atom stereocenters. The Labute approximate surface area is 178 Å². The molecule has 1 N–H and O–H groups in total. The number of carbonyl (C=O) groups excluding carboxylic acids is 1. The van der Waals surface area contributed by atoms with Crippen LogP contribution in [0.25, 0.3) is 5.69 Å². The van der Waals surface area contributed by atoms with Gasteiger partial charge in [0.25, 0.3) is 0 Å². The Kier molecular flexibility index (Phi) is 4.64. The van der Waals surface area contributed by atoms with Gasteiger partial charge in [-0.3, -0.25) is 0 Å². The van der Waals surface area contributed by atoms with Crippen LogP contribution in [0.5, 0.6) is 0 Å². The molecule has 0 aliphatic carbocycles. The summed E-state index contributed by atoms with van der Waals surface area (Å²) in [5.41, 5.74) is 4.13. The number of aryl methyl sites for hydroxylation is 1. The van der Waals surface area contributed by atoms with Crippen LogP contribution in [0.4, 0.5) is 14.9 Å². The maximum absolute atomic E-state index is 14.0. The van der Waals surface area contributed by atoms with Crippen molar-refractivity contribution in [2.45, 2.75) is 19.5 Å². The van der Waals surface area contributed by atoms with E-state index in [2.05, 4.69) is 28.1 Å². The highest BCUT2D eigenvalue weighted by molar-refractivity contribution is 7.10. The fourth-order valence-electron chi connectivity index (χ4n) is 3.95. The van der Waals surface area contributed by atoms with Crippen LogP contribution in [0.3, 0.4) is 0 Å². The van der Waals surface area contributed by atoms with Crippen LogP contribution in [-0.4, -0.2) is 15.5 Å². The van der Waals surface area contributed by atoms with E-state index in [1.54, 1.807) is 30.4 Å². The van der Waals surface area contributed by atoms with E-state index in [0.29, 0.717) is 17.8 Å². The van der Waals surface area contributed by atoms with Crippen molar-refractivity contribution in [3.63, 3.8) is 0 Å². The van der Waals surface area contributed by atoms with Gasteiger partial charge in [0, 0.05) is 16.8 Å². The molecule has 0 fully saturated rings. The molecule has 4 aromatic rings. The Hall–Kier alpha value is -3.38. The van der Waals surface area contributed by atoms with Gasteiger partial charge in [0.2, 0.25) is 0 Å². The minimum absolute atomic E-state index is 0.248. The quantitative estimate of drug-likeness (QED) is 0.419. The van der Waals surface area contributed by atoms with Gasteiger partial charge in [-0.05, 0) is 59.8 Å². The second-order valence-corrected chi connectivity index (χ2v) is 8.35. The molecular weight excluding hydrogens is 397 g/mol. The minimum atomic E-state index is -0.335. The third-order valence-electron chi connectivity index (χ3n) is 5.46. The predicted molar refractivity (Wildman–Crippen MR) is 118 cm³/mol. The van der Waals surface area contributed by atoms with Gasteiger partial charge in [-0.1, -0.05) is 30.3 Å². The van der Waals surface area contributed by atoms with Gasteiger partial charge in [-0.2, -0.15) is 0 Å². The van der Waals surface area contributed by atoms with E-state index >= 15 is 0 Å². The minimum Gasteiger partial charge on any atom is -0.318 e. The van der Waals surface area contributed by atoms with Crippen molar-refractivity contribution in [1.82, 2.24) is 9.47 Å². The van der Waals surface area contributed by atoms with Crippen molar-refractivity contribution in [3.8, 4) is 5.69 Å². The zero-order valence-electron chi connectivity index (χ0n) is 16.4. The second-order valence-electron chi connectivity index (χ2n) is 7.37. The molecule has 150 valence electrons. The highest BCUT2D eigenvalue weighted by atomic mass is 32.1. The SMILES string of the molecule is Cc1ccc(NC(=O)N2Cc3ccccc3-n3cccc3[C@H]2c2cccs2)cc1F. The van der Waals surface area contributed by atoms with Crippen LogP contribution in [0.2, 0.25) is 0 Å². The number of nitrogens with zero attached hydrogens (tertiary/aromatic N) is 2. The maximum Gasteiger partial charge on any atom is 0.323 e. The van der Waals surface area contributed by atoms with Crippen molar-refractivity contribution in [2.24, 2.45) is 0 Å². The number of hydrogen-bond acceptors (Lipinski definition) is 2. The largest absolute Gasteiger partial charge is 0.323 e. The van der Waals surface area contributed by atoms with Crippen molar-refractivity contribution in [3.05, 3.63) is 106 Å². The summed E-state index contributed by atoms with van der Waals surface area (Å²) in [5, 5.41) is 4.92. The summed E-state index contributed by atoms with van der Waals surface area (Å²) in [6, 6.07) is 20.5. The number of urea groups is 1. The van der Waals surface area contributed by atoms with Gasteiger partial charge >= 0.3 is 6.03 Å². The Balaban J connectivity index is 1.60. The molecule has 0 saturated carbocycles. The van der Waals surface area contributed by atoms with Crippen LogP contribution in [0.15, 0.2) is 78.3 Å². The molecule has 0 saturated heterocycles. The summed E-state index contributed by atoms with van der Waals surface area (Å²) >= 11 is 1.62. The molecule has 6 heteroatoms. The summed E-state index contributed by atoms with van der Waals surface area (Å²) < 4.78 is 16.2. The van der Waals surface area contributed by atoms with Gasteiger partial charge in [-0.15, -0.1) is 11.3 Å². The monoisotopic (exact) mass is 417 g/mol. The lowest BCUT2D eigenvalue weighted by Gasteiger charge is -2.30. The van der Waals surface area contributed by atoms with Crippen LogP contribution >= 0.6 is 11.3 Å². The van der Waals surface area contributed by atoms with E-state index in [4.69, 9.17) is 0 Å². The number of rotatable bonds is 2. The number of nitrogens with one attached hydrogen (secondary N) is 1. The first-order chi connectivity index (χ1) is 14.6. The Morgan fingerprint density at radius 1 is 1.10 bits per heavy atom. The fraction of sp³-hybridized carbons (Fsp3) is 0.125. The summed E-state index contributed by atoms with van der Waals surface area (Å²) in [7, 11) is 0. The average molecular weight is 418 g/mol. The number of anilines is 1. The first-order valence-electron chi connectivity index (χ1n) is 9.74. The summed E-state index contributed by atoms with van der Waals surface area (Å²) in [5.74, 6) is -0.335. The van der Waals surface area contributed by atoms with Gasteiger partial charge in [-0.25, -0.2) is 9.18 Å². The van der Waals surface area contributed by atoms with Gasteiger partial charge in [0.1, 0.15) is 11.9 Å². The molecule has 0 spiro atoms. The number of para-hydroxylation sites is 1. The molecule has 30 heavy (non-hydrogen) atoms. The lowest BCUT2D eigenvalue weighted by Crippen LogP contribution is -2.37. The number of aromatic nitrogens is 1. The molecule has 2 amide bonds. The molecule has 2 aromatic heterocycles. The summed E-state index contributed by atoms with van der Waals surface area (Å²) in [6.07, 6.45) is 2.03. The Bertz CT molecular complexity index is 1210. The van der Waals surface area contributed by atoms with Crippen molar-refractivity contribution in [1.29, 1.82) is 0 Å². The number of carbonyl (C=O) groups is 1. The molecule has 2 aromatic carbocycles. The number of halogens is 1. The van der Waals surface area contributed by atoms with Crippen LogP contribution in [-0.2, 0) is 6.54 Å². The zero-order valence-corrected chi connectivity index (χ0v) is 17.2. The number of fused-ring (bicyclic) bond motifs is 3. The number of hydrogen-bond donors (Lipinski definition) is 1. The Morgan fingerprint density at radius 3 is 2.77 bits per heavy atom. The third kappa shape index (κ3) is 3.19. The van der Waals surface area contributed by atoms with E-state index in [9.17, 15) is 9.18 Å². The van der Waals surface area contributed by atoms with E-state index < -0.39 is 0 Å². The molecule has 1 aliphatic heterocycles. The van der Waals surface area contributed by atoms with E-state index in [-0.39, 0.29) is 17.9 Å². The summed E-state index contributed by atoms with van der Waals surface area (Å²) in [4.78, 5) is 16.3. The Morgan fingerprint density at radius 2 is 1.97 bits per heavy atom. The van der Waals surface area contributed by atoms with Crippen molar-refractivity contribution < 1.29 is 9.18 Å². The topological polar surface area (TPSA) is 37.3 Å². The third-order valence-corrected chi connectivity index (χ3v) is 6.39. The average Bonchev–Trinajstić information content (AvgIpc) is 3.42. The predicted octanol–water partition coefficient (Wildman–Crippen LogP) is 6.12. The zero-order chi connectivity index (χ0) is 20.7. The second kappa shape index (κ2) is 7.46. The van der Waals surface area contributed by atoms with Gasteiger partial charge in [0.15, 0.2) is 0 Å². The smallest absolute Gasteiger partial charge is 0.318 e. The molecule has 1 atom stereocenters. The molecule has 0 bridgehead atoms. The van der Waals surface area contributed by atoms with E-state index in [0.717, 1.165) is 21.8 Å². The van der Waals surface area contributed by atoms with Gasteiger partial charge < -0.3 is 14.8 Å². The molecular formula is C24H20FN3OS. The standard InChI is InChI=1S/C24H20FN3OS/c1-16-10-11-18(14-19(16)25)26-24(29)28-15-17-6-2-3-7-20(17)27-12-4-8-21(27)23(28)22-9-5-13-30-22/h2-14,23H,15H2,1H3,(H,26,29)/t23-/m0/s1. The molecule has 3 heterocycles. The highest BCUT2D eigenvalue weighted by Crippen LogP contribution is 2.38. The molecule has 4 nitrogen and oxygen atoms in total. The molecule has 5 rings (SSSR count). The normalized spacial score (nSPS) is 15.3.